The van der Waals surface area contributed by atoms with Gasteiger partial charge in [0.25, 0.3) is 5.56 Å². The number of hydrogen-bond donors (Lipinski definition) is 1. The maximum Gasteiger partial charge on any atom is 0.413 e. The lowest BCUT2D eigenvalue weighted by molar-refractivity contribution is 0.0635. The van der Waals surface area contributed by atoms with E-state index in [0.717, 1.165) is 5.69 Å². The lowest BCUT2D eigenvalue weighted by atomic mass is 10.1. The summed E-state index contributed by atoms with van der Waals surface area (Å²) in [5.74, 6) is 0.848. The van der Waals surface area contributed by atoms with Gasteiger partial charge in [-0.25, -0.2) is 9.78 Å². The van der Waals surface area contributed by atoms with Gasteiger partial charge in [-0.2, -0.15) is 0 Å². The van der Waals surface area contributed by atoms with Crippen molar-refractivity contribution in [1.29, 1.82) is 0 Å². The van der Waals surface area contributed by atoms with Crippen molar-refractivity contribution in [3.05, 3.63) is 58.6 Å². The van der Waals surface area contributed by atoms with Crippen molar-refractivity contribution in [2.24, 2.45) is 0 Å². The Bertz CT molecular complexity index is 790. The Morgan fingerprint density at radius 1 is 1.07 bits per heavy atom. The highest BCUT2D eigenvalue weighted by Gasteiger charge is 2.16. The molecule has 156 valence electrons. The lowest BCUT2D eigenvalue weighted by Gasteiger charge is -2.19. The molecular formula is C22H35N3O3. The molecule has 0 aromatic carbocycles. The van der Waals surface area contributed by atoms with Crippen LogP contribution in [-0.4, -0.2) is 21.2 Å². The zero-order valence-electron chi connectivity index (χ0n) is 17.3. The Balaban J connectivity index is 0.000000567. The van der Waals surface area contributed by atoms with Crippen LogP contribution in [0.1, 0.15) is 73.5 Å². The Hall–Kier alpha value is -2.63. The maximum absolute atomic E-state index is 11.5. The van der Waals surface area contributed by atoms with Gasteiger partial charge in [0.05, 0.1) is 0 Å². The van der Waals surface area contributed by atoms with Gasteiger partial charge in [-0.05, 0) is 58.7 Å². The van der Waals surface area contributed by atoms with Crippen LogP contribution in [0, 0.1) is 0 Å². The van der Waals surface area contributed by atoms with Crippen molar-refractivity contribution in [2.45, 2.75) is 73.5 Å². The van der Waals surface area contributed by atoms with E-state index in [4.69, 9.17) is 4.74 Å². The summed E-state index contributed by atoms with van der Waals surface area (Å²) in [5, 5.41) is 2.62. The normalized spacial score (nSPS) is 10.6. The van der Waals surface area contributed by atoms with Gasteiger partial charge in [-0.3, -0.25) is 10.1 Å². The molecule has 0 spiro atoms. The minimum Gasteiger partial charge on any atom is -0.444 e. The van der Waals surface area contributed by atoms with E-state index in [0.29, 0.717) is 11.7 Å². The number of nitrogens with one attached hydrogen (secondary N) is 1. The molecule has 0 aliphatic rings. The van der Waals surface area contributed by atoms with E-state index in [1.165, 1.54) is 0 Å². The molecule has 2 aromatic heterocycles. The summed E-state index contributed by atoms with van der Waals surface area (Å²) in [6, 6.07) is 11.0. The van der Waals surface area contributed by atoms with Crippen LogP contribution in [0.25, 0.3) is 0 Å². The molecule has 0 radical (unpaired) electrons. The minimum atomic E-state index is -0.500. The maximum atomic E-state index is 11.5. The largest absolute Gasteiger partial charge is 0.444 e. The highest BCUT2D eigenvalue weighted by molar-refractivity contribution is 5.83. The van der Waals surface area contributed by atoms with Gasteiger partial charge < -0.3 is 9.30 Å². The molecule has 0 aliphatic carbocycles. The summed E-state index contributed by atoms with van der Waals surface area (Å²) >= 11 is 0. The summed E-state index contributed by atoms with van der Waals surface area (Å²) in [5.41, 5.74) is 0.510. The van der Waals surface area contributed by atoms with Crippen molar-refractivity contribution in [3.63, 3.8) is 0 Å². The highest BCUT2D eigenvalue weighted by Crippen LogP contribution is 2.15. The minimum absolute atomic E-state index is 0. The molecule has 2 rings (SSSR count). The van der Waals surface area contributed by atoms with Gasteiger partial charge in [0.15, 0.2) is 0 Å². The molecule has 0 saturated heterocycles. The van der Waals surface area contributed by atoms with E-state index in [1.54, 1.807) is 29.0 Å². The van der Waals surface area contributed by atoms with E-state index in [9.17, 15) is 9.59 Å². The van der Waals surface area contributed by atoms with Gasteiger partial charge in [-0.1, -0.05) is 33.4 Å². The number of pyridine rings is 2. The van der Waals surface area contributed by atoms with Crippen LogP contribution in [0.4, 0.5) is 10.6 Å². The molecule has 0 saturated carbocycles. The number of anilines is 1. The van der Waals surface area contributed by atoms with Crippen molar-refractivity contribution in [3.8, 4) is 0 Å². The van der Waals surface area contributed by atoms with Gasteiger partial charge >= 0.3 is 6.09 Å². The number of rotatable bonds is 3. The molecule has 0 aliphatic heterocycles. The summed E-state index contributed by atoms with van der Waals surface area (Å²) in [4.78, 5) is 26.9. The molecule has 28 heavy (non-hydrogen) atoms. The summed E-state index contributed by atoms with van der Waals surface area (Å²) < 4.78 is 6.85. The SMILES string of the molecule is C.CC(C)c1cccc(NC(=O)OC(C)(C)C)n1.CC(C)n1ccccc1=O. The Morgan fingerprint density at radius 2 is 1.71 bits per heavy atom. The smallest absolute Gasteiger partial charge is 0.413 e. The van der Waals surface area contributed by atoms with Crippen LogP contribution in [0.3, 0.4) is 0 Å². The first-order valence-corrected chi connectivity index (χ1v) is 9.13. The summed E-state index contributed by atoms with van der Waals surface area (Å²) in [6.07, 6.45) is 1.32. The van der Waals surface area contributed by atoms with Gasteiger partial charge in [0.1, 0.15) is 11.4 Å². The van der Waals surface area contributed by atoms with Crippen molar-refractivity contribution in [2.75, 3.05) is 5.32 Å². The molecule has 0 unspecified atom stereocenters. The zero-order chi connectivity index (χ0) is 20.6. The number of carbonyl (C=O) groups is 1. The predicted octanol–water partition coefficient (Wildman–Crippen LogP) is 5.62. The standard InChI is InChI=1S/C13H20N2O2.C8H11NO.CH4/c1-9(2)10-7-6-8-11(14-10)15-12(16)17-13(3,4)5;1-7(2)9-6-4-3-5-8(9)10;/h6-9H,1-5H3,(H,14,15,16);3-7H,1-2H3;1H4. The van der Waals surface area contributed by atoms with Crippen molar-refractivity contribution >= 4 is 11.9 Å². The number of ether oxygens (including phenoxy) is 1. The number of carbonyl (C=O) groups excluding carboxylic acids is 1. The first kappa shape index (κ1) is 25.4. The fourth-order valence-corrected chi connectivity index (χ4v) is 2.12. The van der Waals surface area contributed by atoms with Crippen LogP contribution in [-0.2, 0) is 4.74 Å². The van der Waals surface area contributed by atoms with E-state index in [1.807, 2.05) is 52.8 Å². The van der Waals surface area contributed by atoms with Crippen molar-refractivity contribution in [1.82, 2.24) is 9.55 Å². The van der Waals surface area contributed by atoms with E-state index in [-0.39, 0.29) is 19.0 Å². The molecule has 0 fully saturated rings. The summed E-state index contributed by atoms with van der Waals surface area (Å²) in [6.45, 7) is 13.6. The summed E-state index contributed by atoms with van der Waals surface area (Å²) in [7, 11) is 0. The fraction of sp³-hybridized carbons (Fsp3) is 0.500. The Labute approximate surface area is 169 Å². The number of amides is 1. The van der Waals surface area contributed by atoms with Gasteiger partial charge in [0, 0.05) is 24.0 Å². The van der Waals surface area contributed by atoms with E-state index < -0.39 is 11.7 Å². The molecule has 1 N–H and O–H groups in total. The van der Waals surface area contributed by atoms with E-state index in [2.05, 4.69) is 24.1 Å². The molecule has 1 amide bonds. The second-order valence-electron chi connectivity index (χ2n) is 7.77. The van der Waals surface area contributed by atoms with Crippen LogP contribution >= 0.6 is 0 Å². The van der Waals surface area contributed by atoms with Crippen LogP contribution < -0.4 is 10.9 Å². The second kappa shape index (κ2) is 11.3. The molecule has 0 atom stereocenters. The molecular weight excluding hydrogens is 354 g/mol. The van der Waals surface area contributed by atoms with Crippen LogP contribution in [0.2, 0.25) is 0 Å². The lowest BCUT2D eigenvalue weighted by Crippen LogP contribution is -2.27. The first-order chi connectivity index (χ1) is 12.5. The Morgan fingerprint density at radius 3 is 2.18 bits per heavy atom. The Kier molecular flexibility index (Phi) is 10.2. The molecule has 2 heterocycles. The molecule has 0 bridgehead atoms. The van der Waals surface area contributed by atoms with Gasteiger partial charge in [0.2, 0.25) is 0 Å². The topological polar surface area (TPSA) is 73.2 Å². The predicted molar refractivity (Wildman–Crippen MR) is 116 cm³/mol. The number of nitrogens with zero attached hydrogens (tertiary/aromatic N) is 2. The quantitative estimate of drug-likeness (QED) is 0.739. The number of hydrogen-bond acceptors (Lipinski definition) is 4. The van der Waals surface area contributed by atoms with Gasteiger partial charge in [-0.15, -0.1) is 0 Å². The third kappa shape index (κ3) is 9.35. The molecule has 6 heteroatoms. The van der Waals surface area contributed by atoms with Crippen LogP contribution in [0.5, 0.6) is 0 Å². The average molecular weight is 390 g/mol. The second-order valence-corrected chi connectivity index (χ2v) is 7.77. The average Bonchev–Trinajstić information content (AvgIpc) is 2.54. The fourth-order valence-electron chi connectivity index (χ4n) is 2.12. The zero-order valence-corrected chi connectivity index (χ0v) is 17.3. The van der Waals surface area contributed by atoms with Crippen LogP contribution in [0.15, 0.2) is 47.4 Å². The van der Waals surface area contributed by atoms with Crippen molar-refractivity contribution < 1.29 is 9.53 Å². The monoisotopic (exact) mass is 389 g/mol. The first-order valence-electron chi connectivity index (χ1n) is 9.13. The molecule has 2 aromatic rings. The number of aromatic nitrogens is 2. The third-order valence-corrected chi connectivity index (χ3v) is 3.40. The van der Waals surface area contributed by atoms with E-state index >= 15 is 0 Å². The molecule has 6 nitrogen and oxygen atoms in total. The third-order valence-electron chi connectivity index (χ3n) is 3.40. The highest BCUT2D eigenvalue weighted by atomic mass is 16.6.